The van der Waals surface area contributed by atoms with Crippen molar-refractivity contribution in [2.45, 2.75) is 39.5 Å². The summed E-state index contributed by atoms with van der Waals surface area (Å²) in [6.07, 6.45) is 3.82. The molecule has 0 bridgehead atoms. The van der Waals surface area contributed by atoms with E-state index in [1.54, 1.807) is 11.2 Å². The highest BCUT2D eigenvalue weighted by atomic mass is 32.2. The van der Waals surface area contributed by atoms with Gasteiger partial charge in [-0.1, -0.05) is 13.8 Å². The Balaban J connectivity index is 1.77. The second kappa shape index (κ2) is 7.64. The number of furan rings is 1. The second-order valence-corrected chi connectivity index (χ2v) is 9.68. The van der Waals surface area contributed by atoms with Crippen LogP contribution in [0.1, 0.15) is 42.9 Å². The third-order valence-corrected chi connectivity index (χ3v) is 6.59. The standard InChI is InChI=1S/C20H28N2O4S/c1-14(2)17-12-18-16(13-26-19(18)10-15(17)3)11-20(23)21-6-5-7-22(9-8-21)27(4,24)25/h10,12-14H,5-9,11H2,1-4H3. The smallest absolute Gasteiger partial charge is 0.227 e. The Bertz CT molecular complexity index is 946. The topological polar surface area (TPSA) is 70.8 Å². The van der Waals surface area contributed by atoms with Crippen molar-refractivity contribution in [3.8, 4) is 0 Å². The lowest BCUT2D eigenvalue weighted by Crippen LogP contribution is -2.37. The number of amides is 1. The highest BCUT2D eigenvalue weighted by Gasteiger charge is 2.24. The van der Waals surface area contributed by atoms with Gasteiger partial charge in [0.05, 0.1) is 18.9 Å². The van der Waals surface area contributed by atoms with E-state index in [1.807, 2.05) is 6.07 Å². The fourth-order valence-corrected chi connectivity index (χ4v) is 4.63. The maximum atomic E-state index is 12.8. The van der Waals surface area contributed by atoms with Gasteiger partial charge < -0.3 is 9.32 Å². The summed E-state index contributed by atoms with van der Waals surface area (Å²) >= 11 is 0. The molecule has 27 heavy (non-hydrogen) atoms. The summed E-state index contributed by atoms with van der Waals surface area (Å²) in [5, 5.41) is 0.991. The molecular formula is C20H28N2O4S. The molecule has 1 aliphatic heterocycles. The first kappa shape index (κ1) is 19.9. The van der Waals surface area contributed by atoms with Crippen molar-refractivity contribution in [1.82, 2.24) is 9.21 Å². The van der Waals surface area contributed by atoms with Gasteiger partial charge in [-0.25, -0.2) is 12.7 Å². The normalized spacial score (nSPS) is 16.9. The molecule has 2 heterocycles. The van der Waals surface area contributed by atoms with Gasteiger partial charge in [0.15, 0.2) is 0 Å². The molecule has 0 unspecified atom stereocenters. The summed E-state index contributed by atoms with van der Waals surface area (Å²) < 4.78 is 30.6. The minimum Gasteiger partial charge on any atom is -0.464 e. The van der Waals surface area contributed by atoms with Crippen LogP contribution in [0.4, 0.5) is 0 Å². The number of fused-ring (bicyclic) bond motifs is 1. The van der Waals surface area contributed by atoms with Crippen LogP contribution in [0, 0.1) is 6.92 Å². The van der Waals surface area contributed by atoms with Gasteiger partial charge >= 0.3 is 0 Å². The molecule has 3 rings (SSSR count). The van der Waals surface area contributed by atoms with E-state index in [0.717, 1.165) is 16.5 Å². The number of sulfonamides is 1. The van der Waals surface area contributed by atoms with Crippen LogP contribution < -0.4 is 0 Å². The maximum absolute atomic E-state index is 12.8. The molecule has 7 heteroatoms. The number of carbonyl (C=O) groups is 1. The van der Waals surface area contributed by atoms with Crippen LogP contribution in [0.2, 0.25) is 0 Å². The average molecular weight is 393 g/mol. The molecule has 1 fully saturated rings. The Hall–Kier alpha value is -1.86. The molecule has 0 N–H and O–H groups in total. The Morgan fingerprint density at radius 1 is 1.19 bits per heavy atom. The van der Waals surface area contributed by atoms with Crippen LogP contribution in [0.25, 0.3) is 11.0 Å². The van der Waals surface area contributed by atoms with Crippen molar-refractivity contribution in [2.75, 3.05) is 32.4 Å². The molecule has 0 spiro atoms. The minimum atomic E-state index is -3.21. The van der Waals surface area contributed by atoms with Gasteiger partial charge in [-0.05, 0) is 42.5 Å². The van der Waals surface area contributed by atoms with Crippen LogP contribution >= 0.6 is 0 Å². The van der Waals surface area contributed by atoms with Crippen LogP contribution in [0.5, 0.6) is 0 Å². The molecular weight excluding hydrogens is 364 g/mol. The van der Waals surface area contributed by atoms with E-state index in [-0.39, 0.29) is 12.3 Å². The Morgan fingerprint density at radius 3 is 2.59 bits per heavy atom. The highest BCUT2D eigenvalue weighted by Crippen LogP contribution is 2.29. The van der Waals surface area contributed by atoms with E-state index in [2.05, 4.69) is 26.8 Å². The first-order valence-electron chi connectivity index (χ1n) is 9.40. The van der Waals surface area contributed by atoms with E-state index in [4.69, 9.17) is 4.42 Å². The third-order valence-electron chi connectivity index (χ3n) is 5.28. The molecule has 1 saturated heterocycles. The number of carbonyl (C=O) groups excluding carboxylic acids is 1. The molecule has 2 aromatic rings. The minimum absolute atomic E-state index is 0.0136. The molecule has 148 valence electrons. The van der Waals surface area contributed by atoms with Crippen LogP contribution in [0.15, 0.2) is 22.8 Å². The zero-order valence-corrected chi connectivity index (χ0v) is 17.3. The van der Waals surface area contributed by atoms with Crippen molar-refractivity contribution >= 4 is 26.9 Å². The van der Waals surface area contributed by atoms with E-state index in [1.165, 1.54) is 21.7 Å². The van der Waals surface area contributed by atoms with Crippen molar-refractivity contribution in [1.29, 1.82) is 0 Å². The lowest BCUT2D eigenvalue weighted by Gasteiger charge is -2.21. The second-order valence-electron chi connectivity index (χ2n) is 7.69. The number of hydrogen-bond donors (Lipinski definition) is 0. The van der Waals surface area contributed by atoms with Gasteiger partial charge in [-0.2, -0.15) is 0 Å². The van der Waals surface area contributed by atoms with E-state index < -0.39 is 10.0 Å². The summed E-state index contributed by atoms with van der Waals surface area (Å²) in [6.45, 7) is 8.22. The number of benzene rings is 1. The zero-order valence-electron chi connectivity index (χ0n) is 16.5. The summed E-state index contributed by atoms with van der Waals surface area (Å²) in [6, 6.07) is 4.17. The van der Waals surface area contributed by atoms with Gasteiger partial charge in [0.25, 0.3) is 0 Å². The number of hydrogen-bond acceptors (Lipinski definition) is 4. The third kappa shape index (κ3) is 4.35. The fourth-order valence-electron chi connectivity index (χ4n) is 3.75. The largest absolute Gasteiger partial charge is 0.464 e. The van der Waals surface area contributed by atoms with Crippen molar-refractivity contribution in [2.24, 2.45) is 0 Å². The molecule has 0 radical (unpaired) electrons. The number of aryl methyl sites for hydroxylation is 1. The monoisotopic (exact) mass is 392 g/mol. The predicted molar refractivity (Wildman–Crippen MR) is 106 cm³/mol. The zero-order chi connectivity index (χ0) is 19.8. The van der Waals surface area contributed by atoms with Crippen LogP contribution in [0.3, 0.4) is 0 Å². The lowest BCUT2D eigenvalue weighted by molar-refractivity contribution is -0.130. The Labute approximate surface area is 161 Å². The fraction of sp³-hybridized carbons (Fsp3) is 0.550. The average Bonchev–Trinajstić information content (AvgIpc) is 2.80. The van der Waals surface area contributed by atoms with Gasteiger partial charge in [0.1, 0.15) is 5.58 Å². The van der Waals surface area contributed by atoms with E-state index in [9.17, 15) is 13.2 Å². The maximum Gasteiger partial charge on any atom is 0.227 e. The summed E-state index contributed by atoms with van der Waals surface area (Å²) in [4.78, 5) is 14.6. The van der Waals surface area contributed by atoms with Crippen LogP contribution in [-0.4, -0.2) is 56.0 Å². The molecule has 0 atom stereocenters. The number of rotatable bonds is 4. The molecule has 1 aromatic heterocycles. The molecule has 1 aliphatic rings. The number of nitrogens with zero attached hydrogens (tertiary/aromatic N) is 2. The Kier molecular flexibility index (Phi) is 5.63. The summed E-state index contributed by atoms with van der Waals surface area (Å²) in [5.41, 5.74) is 4.15. The lowest BCUT2D eigenvalue weighted by atomic mass is 9.95. The summed E-state index contributed by atoms with van der Waals surface area (Å²) in [5.74, 6) is 0.417. The van der Waals surface area contributed by atoms with Gasteiger partial charge in [0, 0.05) is 37.1 Å². The van der Waals surface area contributed by atoms with Gasteiger partial charge in [-0.3, -0.25) is 4.79 Å². The molecule has 6 nitrogen and oxygen atoms in total. The molecule has 0 saturated carbocycles. The van der Waals surface area contributed by atoms with E-state index >= 15 is 0 Å². The predicted octanol–water partition coefficient (Wildman–Crippen LogP) is 2.90. The first-order chi connectivity index (χ1) is 12.7. The molecule has 0 aliphatic carbocycles. The first-order valence-corrected chi connectivity index (χ1v) is 11.2. The van der Waals surface area contributed by atoms with Crippen molar-refractivity contribution in [3.63, 3.8) is 0 Å². The Morgan fingerprint density at radius 2 is 1.93 bits per heavy atom. The summed E-state index contributed by atoms with van der Waals surface area (Å²) in [7, 11) is -3.21. The van der Waals surface area contributed by atoms with Crippen LogP contribution in [-0.2, 0) is 21.2 Å². The molecule has 1 amide bonds. The SMILES string of the molecule is Cc1cc2occ(CC(=O)N3CCCN(S(C)(=O)=O)CC3)c2cc1C(C)C. The highest BCUT2D eigenvalue weighted by molar-refractivity contribution is 7.88. The molecule has 1 aromatic carbocycles. The van der Waals surface area contributed by atoms with Gasteiger partial charge in [0.2, 0.25) is 15.9 Å². The van der Waals surface area contributed by atoms with Crippen molar-refractivity contribution in [3.05, 3.63) is 35.1 Å². The van der Waals surface area contributed by atoms with E-state index in [0.29, 0.717) is 38.5 Å². The van der Waals surface area contributed by atoms with Gasteiger partial charge in [-0.15, -0.1) is 0 Å². The van der Waals surface area contributed by atoms with Crippen molar-refractivity contribution < 1.29 is 17.6 Å². The quantitative estimate of drug-likeness (QED) is 0.802.